The molecule has 0 atom stereocenters. The van der Waals surface area contributed by atoms with Gasteiger partial charge in [0, 0.05) is 24.3 Å². The van der Waals surface area contributed by atoms with Crippen LogP contribution in [0.5, 0.6) is 0 Å². The molecular formula is C28H26N2O2. The first-order valence-electron chi connectivity index (χ1n) is 11.3. The van der Waals surface area contributed by atoms with Crippen molar-refractivity contribution in [2.45, 2.75) is 25.7 Å². The number of aryl methyl sites for hydroxylation is 2. The van der Waals surface area contributed by atoms with Crippen LogP contribution in [0.3, 0.4) is 0 Å². The van der Waals surface area contributed by atoms with E-state index in [1.807, 2.05) is 54.6 Å². The number of hydrogen-bond acceptors (Lipinski definition) is 4. The zero-order valence-electron chi connectivity index (χ0n) is 18.0. The second-order valence-electron chi connectivity index (χ2n) is 8.28. The number of oxime groups is 1. The minimum Gasteiger partial charge on any atom is -0.371 e. The molecule has 0 radical (unpaired) electrons. The summed E-state index contributed by atoms with van der Waals surface area (Å²) in [5, 5.41) is 3.92. The van der Waals surface area contributed by atoms with Crippen molar-refractivity contribution in [1.82, 2.24) is 0 Å². The van der Waals surface area contributed by atoms with Gasteiger partial charge in [0.25, 0.3) is 0 Å². The van der Waals surface area contributed by atoms with Crippen LogP contribution in [0, 0.1) is 0 Å². The molecule has 0 bridgehead atoms. The van der Waals surface area contributed by atoms with E-state index in [9.17, 15) is 4.79 Å². The summed E-state index contributed by atoms with van der Waals surface area (Å²) < 4.78 is 0. The predicted octanol–water partition coefficient (Wildman–Crippen LogP) is 5.40. The first-order valence-corrected chi connectivity index (χ1v) is 11.3. The van der Waals surface area contributed by atoms with Gasteiger partial charge in [0.1, 0.15) is 5.71 Å². The minimum absolute atomic E-state index is 0.424. The van der Waals surface area contributed by atoms with Gasteiger partial charge in [0.15, 0.2) is 0 Å². The van der Waals surface area contributed by atoms with E-state index in [1.165, 1.54) is 61.2 Å². The van der Waals surface area contributed by atoms with Gasteiger partial charge in [-0.15, -0.1) is 0 Å². The Morgan fingerprint density at radius 1 is 0.875 bits per heavy atom. The summed E-state index contributed by atoms with van der Waals surface area (Å²) in [7, 11) is 0. The van der Waals surface area contributed by atoms with Crippen molar-refractivity contribution in [3.8, 4) is 0 Å². The third kappa shape index (κ3) is 4.22. The Balaban J connectivity index is 1.24. The largest absolute Gasteiger partial charge is 0.371 e. The van der Waals surface area contributed by atoms with Crippen LogP contribution in [0.15, 0.2) is 89.6 Å². The predicted molar refractivity (Wildman–Crippen MR) is 130 cm³/mol. The number of nitrogens with zero attached hydrogens (tertiary/aromatic N) is 2. The topological polar surface area (TPSA) is 41.9 Å². The van der Waals surface area contributed by atoms with Crippen molar-refractivity contribution in [1.29, 1.82) is 0 Å². The lowest BCUT2D eigenvalue weighted by Crippen LogP contribution is -2.34. The number of carbonyl (C=O) groups excluding carboxylic acids is 1. The summed E-state index contributed by atoms with van der Waals surface area (Å²) in [5.41, 5.74) is 7.69. The molecule has 0 aliphatic carbocycles. The van der Waals surface area contributed by atoms with E-state index < -0.39 is 5.97 Å². The van der Waals surface area contributed by atoms with Gasteiger partial charge in [-0.05, 0) is 60.6 Å². The molecule has 32 heavy (non-hydrogen) atoms. The fourth-order valence-corrected chi connectivity index (χ4v) is 4.67. The lowest BCUT2D eigenvalue weighted by atomic mass is 9.90. The van der Waals surface area contributed by atoms with Crippen molar-refractivity contribution < 1.29 is 9.63 Å². The highest BCUT2D eigenvalue weighted by Gasteiger charge is 2.26. The summed E-state index contributed by atoms with van der Waals surface area (Å²) >= 11 is 0. The molecular weight excluding hydrogens is 396 g/mol. The van der Waals surface area contributed by atoms with E-state index in [4.69, 9.17) is 4.84 Å². The highest BCUT2D eigenvalue weighted by atomic mass is 16.7. The number of carbonyl (C=O) groups is 1. The minimum atomic E-state index is -0.424. The van der Waals surface area contributed by atoms with Crippen LogP contribution in [-0.4, -0.2) is 24.8 Å². The maximum absolute atomic E-state index is 12.0. The maximum Gasteiger partial charge on any atom is 0.368 e. The normalized spacial score (nSPS) is 19.2. The highest BCUT2D eigenvalue weighted by molar-refractivity contribution is 6.28. The molecule has 2 aromatic rings. The maximum atomic E-state index is 12.0. The van der Waals surface area contributed by atoms with E-state index in [1.54, 1.807) is 6.08 Å². The smallest absolute Gasteiger partial charge is 0.368 e. The summed E-state index contributed by atoms with van der Waals surface area (Å²) in [4.78, 5) is 19.4. The molecule has 0 fully saturated rings. The third-order valence-electron chi connectivity index (χ3n) is 6.09. The van der Waals surface area contributed by atoms with E-state index >= 15 is 0 Å². The molecule has 0 N–H and O–H groups in total. The standard InChI is InChI=1S/C28H26N2O2/c31-28-25(26(29-32-28)22-12-6-4-7-13-22)16-8-3-1-2-5-11-21-19-23-14-9-17-30-18-10-15-24(20-21)27(23)30/h1-8,11-13,16,19-20H,9-10,14-15,17-18H2/b2-1+,8-3+,11-5+,25-16-. The van der Waals surface area contributed by atoms with Gasteiger partial charge >= 0.3 is 5.97 Å². The highest BCUT2D eigenvalue weighted by Crippen LogP contribution is 2.36. The van der Waals surface area contributed by atoms with Gasteiger partial charge < -0.3 is 9.74 Å². The van der Waals surface area contributed by atoms with Crippen molar-refractivity contribution in [2.24, 2.45) is 5.16 Å². The van der Waals surface area contributed by atoms with Crippen LogP contribution in [-0.2, 0) is 22.5 Å². The second-order valence-corrected chi connectivity index (χ2v) is 8.28. The van der Waals surface area contributed by atoms with Gasteiger partial charge in [-0.25, -0.2) is 4.79 Å². The lowest BCUT2D eigenvalue weighted by molar-refractivity contribution is -0.136. The van der Waals surface area contributed by atoms with Crippen molar-refractivity contribution in [2.75, 3.05) is 18.0 Å². The Kier molecular flexibility index (Phi) is 5.84. The molecule has 5 rings (SSSR count). The lowest BCUT2D eigenvalue weighted by Gasteiger charge is -2.37. The van der Waals surface area contributed by atoms with Crippen LogP contribution in [0.4, 0.5) is 5.69 Å². The first-order chi connectivity index (χ1) is 15.8. The van der Waals surface area contributed by atoms with Crippen molar-refractivity contribution in [3.05, 3.63) is 107 Å². The summed E-state index contributed by atoms with van der Waals surface area (Å²) in [5.74, 6) is -0.424. The number of allylic oxidation sites excluding steroid dienone is 6. The number of hydrogen-bond donors (Lipinski definition) is 0. The van der Waals surface area contributed by atoms with Crippen molar-refractivity contribution in [3.63, 3.8) is 0 Å². The quantitative estimate of drug-likeness (QED) is 0.368. The molecule has 160 valence electrons. The average Bonchev–Trinajstić information content (AvgIpc) is 3.19. The van der Waals surface area contributed by atoms with Crippen LogP contribution in [0.1, 0.15) is 35.1 Å². The summed E-state index contributed by atoms with van der Waals surface area (Å²) in [6, 6.07) is 14.3. The first kappa shape index (κ1) is 20.3. The third-order valence-corrected chi connectivity index (χ3v) is 6.09. The number of rotatable bonds is 5. The fourth-order valence-electron chi connectivity index (χ4n) is 4.67. The fraction of sp³-hybridized carbons (Fsp3) is 0.214. The molecule has 3 aliphatic heterocycles. The molecule has 0 saturated heterocycles. The molecule has 4 nitrogen and oxygen atoms in total. The Labute approximate surface area is 188 Å². The molecule has 0 amide bonds. The SMILES string of the molecule is O=C1ON=C(c2ccccc2)/C1=C/C=C/C=C/C=C/c1cc2c3c(c1)CCCN3CCC2. The van der Waals surface area contributed by atoms with E-state index in [0.29, 0.717) is 11.3 Å². The van der Waals surface area contributed by atoms with Crippen LogP contribution >= 0.6 is 0 Å². The zero-order chi connectivity index (χ0) is 21.8. The molecule has 0 aromatic heterocycles. The molecule has 0 saturated carbocycles. The van der Waals surface area contributed by atoms with Gasteiger partial charge in [0.05, 0.1) is 5.57 Å². The Morgan fingerprint density at radius 2 is 1.56 bits per heavy atom. The van der Waals surface area contributed by atoms with E-state index in [2.05, 4.69) is 34.3 Å². The monoisotopic (exact) mass is 422 g/mol. The Hall–Kier alpha value is -3.66. The molecule has 4 heteroatoms. The summed E-state index contributed by atoms with van der Waals surface area (Å²) in [6.07, 6.45) is 18.6. The van der Waals surface area contributed by atoms with Gasteiger partial charge in [0.2, 0.25) is 0 Å². The van der Waals surface area contributed by atoms with E-state index in [-0.39, 0.29) is 0 Å². The van der Waals surface area contributed by atoms with Crippen LogP contribution in [0.25, 0.3) is 6.08 Å². The van der Waals surface area contributed by atoms with Gasteiger partial charge in [-0.2, -0.15) is 0 Å². The molecule has 0 unspecified atom stereocenters. The second kappa shape index (κ2) is 9.23. The van der Waals surface area contributed by atoms with Crippen molar-refractivity contribution >= 4 is 23.4 Å². The van der Waals surface area contributed by atoms with Crippen LogP contribution in [0.2, 0.25) is 0 Å². The number of benzene rings is 2. The van der Waals surface area contributed by atoms with E-state index in [0.717, 1.165) is 5.56 Å². The average molecular weight is 423 g/mol. The molecule has 3 aliphatic rings. The summed E-state index contributed by atoms with van der Waals surface area (Å²) in [6.45, 7) is 2.41. The number of anilines is 1. The molecule has 0 spiro atoms. The van der Waals surface area contributed by atoms with Crippen LogP contribution < -0.4 is 4.90 Å². The van der Waals surface area contributed by atoms with Gasteiger partial charge in [-0.1, -0.05) is 71.9 Å². The zero-order valence-corrected chi connectivity index (χ0v) is 18.0. The van der Waals surface area contributed by atoms with Gasteiger partial charge in [-0.3, -0.25) is 0 Å². The molecule has 3 heterocycles. The Bertz CT molecular complexity index is 1140. The molecule has 2 aromatic carbocycles. The Morgan fingerprint density at radius 3 is 2.31 bits per heavy atom.